The van der Waals surface area contributed by atoms with Crippen LogP contribution in [0.15, 0.2) is 22.7 Å². The molecule has 0 spiro atoms. The minimum atomic E-state index is -0.223. The normalized spacial score (nSPS) is 12.8. The van der Waals surface area contributed by atoms with Crippen LogP contribution in [0.5, 0.6) is 0 Å². The van der Waals surface area contributed by atoms with Crippen LogP contribution in [0.2, 0.25) is 0 Å². The van der Waals surface area contributed by atoms with Crippen molar-refractivity contribution in [3.05, 3.63) is 34.1 Å². The molecule has 0 aromatic heterocycles. The summed E-state index contributed by atoms with van der Waals surface area (Å²) in [6.07, 6.45) is 4.37. The molecule has 0 fully saturated rings. The predicted molar refractivity (Wildman–Crippen MR) is 65.2 cm³/mol. The number of hydrogen-bond acceptors (Lipinski definition) is 1. The maximum atomic E-state index is 13.0. The van der Waals surface area contributed by atoms with Crippen LogP contribution < -0.4 is 5.73 Å². The van der Waals surface area contributed by atoms with Gasteiger partial charge in [-0.3, -0.25) is 0 Å². The number of unbranched alkanes of at least 4 members (excludes halogenated alkanes) is 2. The number of nitrogens with two attached hydrogens (primary N) is 1. The summed E-state index contributed by atoms with van der Waals surface area (Å²) in [5.74, 6) is -0.223. The van der Waals surface area contributed by atoms with E-state index in [2.05, 4.69) is 22.9 Å². The molecular formula is C12H17BrFN. The minimum Gasteiger partial charge on any atom is -0.324 e. The summed E-state index contributed by atoms with van der Waals surface area (Å²) in [5, 5.41) is 0. The Hall–Kier alpha value is -0.410. The van der Waals surface area contributed by atoms with Crippen LogP contribution in [0.1, 0.15) is 44.2 Å². The fourth-order valence-corrected chi connectivity index (χ4v) is 2.11. The van der Waals surface area contributed by atoms with Gasteiger partial charge in [0.1, 0.15) is 5.82 Å². The number of hydrogen-bond donors (Lipinski definition) is 1. The Morgan fingerprint density at radius 3 is 2.80 bits per heavy atom. The summed E-state index contributed by atoms with van der Waals surface area (Å²) < 4.78 is 13.9. The van der Waals surface area contributed by atoms with E-state index in [0.717, 1.165) is 22.9 Å². The molecule has 3 heteroatoms. The maximum absolute atomic E-state index is 13.0. The summed E-state index contributed by atoms with van der Waals surface area (Å²) in [6, 6.07) is 4.60. The molecule has 0 aliphatic rings. The van der Waals surface area contributed by atoms with Crippen molar-refractivity contribution in [2.75, 3.05) is 0 Å². The highest BCUT2D eigenvalue weighted by Crippen LogP contribution is 2.26. The third-order valence-corrected chi connectivity index (χ3v) is 3.20. The van der Waals surface area contributed by atoms with Gasteiger partial charge in [-0.15, -0.1) is 0 Å². The third kappa shape index (κ3) is 3.92. The van der Waals surface area contributed by atoms with Gasteiger partial charge in [-0.2, -0.15) is 0 Å². The Labute approximate surface area is 99.0 Å². The van der Waals surface area contributed by atoms with E-state index in [0.29, 0.717) is 0 Å². The van der Waals surface area contributed by atoms with Gasteiger partial charge in [0.05, 0.1) is 0 Å². The Morgan fingerprint density at radius 1 is 1.40 bits per heavy atom. The fourth-order valence-electron chi connectivity index (χ4n) is 1.57. The summed E-state index contributed by atoms with van der Waals surface area (Å²) in [6.45, 7) is 2.16. The highest BCUT2D eigenvalue weighted by molar-refractivity contribution is 9.10. The molecule has 1 rings (SSSR count). The molecular weight excluding hydrogens is 257 g/mol. The van der Waals surface area contributed by atoms with E-state index >= 15 is 0 Å². The quantitative estimate of drug-likeness (QED) is 0.801. The average molecular weight is 274 g/mol. The SMILES string of the molecule is CCCCC[C@@H](N)c1cc(F)ccc1Br. The Kier molecular flexibility index (Phi) is 5.26. The van der Waals surface area contributed by atoms with Crippen molar-refractivity contribution in [2.24, 2.45) is 5.73 Å². The maximum Gasteiger partial charge on any atom is 0.123 e. The zero-order valence-electron chi connectivity index (χ0n) is 8.97. The van der Waals surface area contributed by atoms with Crippen LogP contribution in [0.3, 0.4) is 0 Å². The van der Waals surface area contributed by atoms with Gasteiger partial charge in [-0.1, -0.05) is 42.1 Å². The van der Waals surface area contributed by atoms with Crippen LogP contribution >= 0.6 is 15.9 Å². The molecule has 1 aromatic rings. The Bertz CT molecular complexity index is 314. The molecule has 1 nitrogen and oxygen atoms in total. The third-order valence-electron chi connectivity index (χ3n) is 2.48. The minimum absolute atomic E-state index is 0.0679. The van der Waals surface area contributed by atoms with Crippen molar-refractivity contribution in [2.45, 2.75) is 38.6 Å². The molecule has 0 radical (unpaired) electrons. The van der Waals surface area contributed by atoms with Gasteiger partial charge in [-0.05, 0) is 30.2 Å². The van der Waals surface area contributed by atoms with Gasteiger partial charge < -0.3 is 5.73 Å². The Morgan fingerprint density at radius 2 is 2.13 bits per heavy atom. The molecule has 0 saturated heterocycles. The largest absolute Gasteiger partial charge is 0.324 e. The lowest BCUT2D eigenvalue weighted by Gasteiger charge is -2.13. The lowest BCUT2D eigenvalue weighted by molar-refractivity contribution is 0.571. The summed E-state index contributed by atoms with van der Waals surface area (Å²) >= 11 is 3.39. The first-order chi connectivity index (χ1) is 7.15. The van der Waals surface area contributed by atoms with E-state index in [-0.39, 0.29) is 11.9 Å². The lowest BCUT2D eigenvalue weighted by atomic mass is 10.0. The monoisotopic (exact) mass is 273 g/mol. The predicted octanol–water partition coefficient (Wildman–Crippen LogP) is 4.17. The molecule has 0 aliphatic heterocycles. The van der Waals surface area contributed by atoms with Gasteiger partial charge in [0.25, 0.3) is 0 Å². The first-order valence-corrected chi connectivity index (χ1v) is 6.15. The molecule has 84 valence electrons. The first kappa shape index (κ1) is 12.7. The van der Waals surface area contributed by atoms with Gasteiger partial charge in [0.2, 0.25) is 0 Å². The molecule has 2 N–H and O–H groups in total. The number of rotatable bonds is 5. The van der Waals surface area contributed by atoms with E-state index < -0.39 is 0 Å². The van der Waals surface area contributed by atoms with Crippen LogP contribution in [0.25, 0.3) is 0 Å². The number of benzene rings is 1. The molecule has 0 amide bonds. The second-order valence-corrected chi connectivity index (χ2v) is 4.62. The lowest BCUT2D eigenvalue weighted by Crippen LogP contribution is -2.11. The molecule has 15 heavy (non-hydrogen) atoms. The van der Waals surface area contributed by atoms with Gasteiger partial charge in [0.15, 0.2) is 0 Å². The topological polar surface area (TPSA) is 26.0 Å². The fraction of sp³-hybridized carbons (Fsp3) is 0.500. The second-order valence-electron chi connectivity index (χ2n) is 3.77. The zero-order valence-corrected chi connectivity index (χ0v) is 10.6. The molecule has 0 bridgehead atoms. The molecule has 1 atom stereocenters. The van der Waals surface area contributed by atoms with Crippen LogP contribution in [0.4, 0.5) is 4.39 Å². The van der Waals surface area contributed by atoms with Crippen molar-refractivity contribution >= 4 is 15.9 Å². The van der Waals surface area contributed by atoms with Crippen molar-refractivity contribution in [3.8, 4) is 0 Å². The van der Waals surface area contributed by atoms with Gasteiger partial charge in [0, 0.05) is 10.5 Å². The highest BCUT2D eigenvalue weighted by Gasteiger charge is 2.10. The first-order valence-electron chi connectivity index (χ1n) is 5.35. The summed E-state index contributed by atoms with van der Waals surface area (Å²) in [7, 11) is 0. The highest BCUT2D eigenvalue weighted by atomic mass is 79.9. The smallest absolute Gasteiger partial charge is 0.123 e. The van der Waals surface area contributed by atoms with Gasteiger partial charge >= 0.3 is 0 Å². The van der Waals surface area contributed by atoms with Crippen molar-refractivity contribution in [1.29, 1.82) is 0 Å². The van der Waals surface area contributed by atoms with Crippen LogP contribution in [0, 0.1) is 5.82 Å². The van der Waals surface area contributed by atoms with Gasteiger partial charge in [-0.25, -0.2) is 4.39 Å². The molecule has 0 unspecified atom stereocenters. The molecule has 1 aromatic carbocycles. The van der Waals surface area contributed by atoms with Crippen LogP contribution in [-0.2, 0) is 0 Å². The summed E-state index contributed by atoms with van der Waals surface area (Å²) in [4.78, 5) is 0. The van der Waals surface area contributed by atoms with E-state index in [1.807, 2.05) is 0 Å². The van der Waals surface area contributed by atoms with Crippen LogP contribution in [-0.4, -0.2) is 0 Å². The standard InChI is InChI=1S/C12H17BrFN/c1-2-3-4-5-12(15)10-8-9(14)6-7-11(10)13/h6-8,12H,2-5,15H2,1H3/t12-/m1/s1. The molecule has 0 saturated carbocycles. The van der Waals surface area contributed by atoms with E-state index in [1.165, 1.54) is 25.0 Å². The van der Waals surface area contributed by atoms with Crippen molar-refractivity contribution < 1.29 is 4.39 Å². The number of halogens is 2. The van der Waals surface area contributed by atoms with Crippen molar-refractivity contribution in [1.82, 2.24) is 0 Å². The zero-order chi connectivity index (χ0) is 11.3. The molecule has 0 heterocycles. The van der Waals surface area contributed by atoms with E-state index in [4.69, 9.17) is 5.73 Å². The van der Waals surface area contributed by atoms with E-state index in [9.17, 15) is 4.39 Å². The Balaban J connectivity index is 2.64. The van der Waals surface area contributed by atoms with E-state index in [1.54, 1.807) is 6.07 Å². The van der Waals surface area contributed by atoms with Crippen molar-refractivity contribution in [3.63, 3.8) is 0 Å². The second kappa shape index (κ2) is 6.23. The summed E-state index contributed by atoms with van der Waals surface area (Å²) in [5.41, 5.74) is 6.88. The molecule has 0 aliphatic carbocycles. The average Bonchev–Trinajstić information content (AvgIpc) is 2.22.